The summed E-state index contributed by atoms with van der Waals surface area (Å²) in [4.78, 5) is 13.3. The minimum absolute atomic E-state index is 0.792. The van der Waals surface area contributed by atoms with Crippen LogP contribution in [-0.2, 0) is 7.05 Å². The molecule has 3 heterocycles. The lowest BCUT2D eigenvalue weighted by atomic mass is 10.1. The van der Waals surface area contributed by atoms with Crippen LogP contribution >= 0.6 is 11.3 Å². The van der Waals surface area contributed by atoms with E-state index in [-0.39, 0.29) is 0 Å². The molecule has 0 unspecified atom stereocenters. The maximum atomic E-state index is 4.47. The molecular formula is C20H15N5S. The van der Waals surface area contributed by atoms with E-state index in [4.69, 9.17) is 0 Å². The Labute approximate surface area is 154 Å². The maximum absolute atomic E-state index is 4.47. The number of hydrogen-bond donors (Lipinski definition) is 1. The highest BCUT2D eigenvalue weighted by Crippen LogP contribution is 2.29. The third kappa shape index (κ3) is 2.51. The van der Waals surface area contributed by atoms with Gasteiger partial charge in [0, 0.05) is 30.0 Å². The molecule has 3 aromatic heterocycles. The first kappa shape index (κ1) is 15.0. The second-order valence-corrected chi connectivity index (χ2v) is 7.00. The van der Waals surface area contributed by atoms with E-state index in [1.165, 1.54) is 4.70 Å². The third-order valence-corrected chi connectivity index (χ3v) is 5.28. The molecule has 0 amide bonds. The van der Waals surface area contributed by atoms with E-state index < -0.39 is 0 Å². The maximum Gasteiger partial charge on any atom is 0.141 e. The summed E-state index contributed by atoms with van der Waals surface area (Å²) in [6.07, 6.45) is 3.64. The first-order chi connectivity index (χ1) is 12.8. The smallest absolute Gasteiger partial charge is 0.141 e. The lowest BCUT2D eigenvalue weighted by Crippen LogP contribution is -1.97. The van der Waals surface area contributed by atoms with Gasteiger partial charge in [0.05, 0.1) is 21.2 Å². The summed E-state index contributed by atoms with van der Waals surface area (Å²) in [7, 11) is 2.04. The molecule has 0 atom stereocenters. The zero-order valence-electron chi connectivity index (χ0n) is 14.0. The third-order valence-electron chi connectivity index (χ3n) is 4.47. The molecule has 0 radical (unpaired) electrons. The lowest BCUT2D eigenvalue weighted by Gasteiger charge is -2.10. The van der Waals surface area contributed by atoms with Crippen LogP contribution in [0.4, 0.5) is 11.5 Å². The summed E-state index contributed by atoms with van der Waals surface area (Å²) in [6, 6.07) is 16.6. The van der Waals surface area contributed by atoms with Gasteiger partial charge in [-0.2, -0.15) is 0 Å². The van der Waals surface area contributed by atoms with Gasteiger partial charge in [-0.25, -0.2) is 15.0 Å². The Morgan fingerprint density at radius 3 is 2.81 bits per heavy atom. The second kappa shape index (κ2) is 5.93. The topological polar surface area (TPSA) is 55.6 Å². The fourth-order valence-corrected chi connectivity index (χ4v) is 3.81. The Morgan fingerprint density at radius 2 is 1.92 bits per heavy atom. The van der Waals surface area contributed by atoms with Crippen molar-refractivity contribution in [1.29, 1.82) is 0 Å². The lowest BCUT2D eigenvalue weighted by molar-refractivity contribution is 0.937. The zero-order chi connectivity index (χ0) is 17.5. The van der Waals surface area contributed by atoms with E-state index in [1.807, 2.05) is 37.0 Å². The van der Waals surface area contributed by atoms with Crippen molar-refractivity contribution in [2.45, 2.75) is 0 Å². The Kier molecular flexibility index (Phi) is 3.43. The summed E-state index contributed by atoms with van der Waals surface area (Å²) in [5.41, 5.74) is 7.02. The number of nitrogens with zero attached hydrogens (tertiary/aromatic N) is 4. The van der Waals surface area contributed by atoms with Crippen LogP contribution in [0, 0.1) is 0 Å². The quantitative estimate of drug-likeness (QED) is 0.494. The second-order valence-electron chi connectivity index (χ2n) is 6.12. The molecule has 2 aromatic carbocycles. The Bertz CT molecular complexity index is 1240. The number of hydrogen-bond acceptors (Lipinski definition) is 5. The number of thiazole rings is 1. The van der Waals surface area contributed by atoms with Gasteiger partial charge in [-0.1, -0.05) is 6.07 Å². The van der Waals surface area contributed by atoms with Crippen molar-refractivity contribution in [2.24, 2.45) is 7.05 Å². The molecule has 5 aromatic rings. The number of benzene rings is 2. The number of anilines is 2. The van der Waals surface area contributed by atoms with Crippen molar-refractivity contribution in [3.63, 3.8) is 0 Å². The molecular weight excluding hydrogens is 342 g/mol. The first-order valence-corrected chi connectivity index (χ1v) is 9.13. The molecule has 26 heavy (non-hydrogen) atoms. The zero-order valence-corrected chi connectivity index (χ0v) is 14.9. The molecule has 126 valence electrons. The van der Waals surface area contributed by atoms with Gasteiger partial charge in [-0.15, -0.1) is 11.3 Å². The monoisotopic (exact) mass is 357 g/mol. The Hall–Kier alpha value is -3.25. The van der Waals surface area contributed by atoms with Crippen molar-refractivity contribution in [3.05, 3.63) is 66.6 Å². The van der Waals surface area contributed by atoms with Crippen LogP contribution in [0.25, 0.3) is 32.4 Å². The normalized spacial score (nSPS) is 11.3. The van der Waals surface area contributed by atoms with Gasteiger partial charge in [-0.05, 0) is 48.0 Å². The molecule has 0 bridgehead atoms. The number of aryl methyl sites for hydroxylation is 1. The fourth-order valence-electron chi connectivity index (χ4n) is 3.15. The average Bonchev–Trinajstić information content (AvgIpc) is 3.30. The average molecular weight is 357 g/mol. The fraction of sp³-hybridized carbons (Fsp3) is 0.0500. The van der Waals surface area contributed by atoms with E-state index in [1.54, 1.807) is 17.7 Å². The largest absolute Gasteiger partial charge is 0.351 e. The molecule has 5 nitrogen and oxygen atoms in total. The molecule has 6 heteroatoms. The standard InChI is InChI=1S/C20H15N5S/c1-25-8-2-3-18(25)13-4-6-16-15(9-13)20(22-11-21-16)24-14-5-7-19-17(10-14)23-12-26-19/h2-12H,1H3,(H,21,22,24). The van der Waals surface area contributed by atoms with Crippen LogP contribution in [-0.4, -0.2) is 19.5 Å². The van der Waals surface area contributed by atoms with Gasteiger partial charge in [0.25, 0.3) is 0 Å². The molecule has 0 aliphatic carbocycles. The van der Waals surface area contributed by atoms with Gasteiger partial charge in [0.15, 0.2) is 0 Å². The van der Waals surface area contributed by atoms with Crippen LogP contribution < -0.4 is 5.32 Å². The number of nitrogens with one attached hydrogen (secondary N) is 1. The first-order valence-electron chi connectivity index (χ1n) is 8.25. The van der Waals surface area contributed by atoms with Crippen molar-refractivity contribution in [1.82, 2.24) is 19.5 Å². The van der Waals surface area contributed by atoms with Crippen LogP contribution in [0.1, 0.15) is 0 Å². The minimum Gasteiger partial charge on any atom is -0.351 e. The highest BCUT2D eigenvalue weighted by atomic mass is 32.1. The predicted octanol–water partition coefficient (Wildman–Crippen LogP) is 4.99. The Morgan fingerprint density at radius 1 is 0.962 bits per heavy atom. The van der Waals surface area contributed by atoms with E-state index in [0.29, 0.717) is 0 Å². The summed E-state index contributed by atoms with van der Waals surface area (Å²) >= 11 is 1.64. The van der Waals surface area contributed by atoms with Crippen LogP contribution in [0.15, 0.2) is 66.6 Å². The summed E-state index contributed by atoms with van der Waals surface area (Å²) in [5, 5.41) is 4.41. The summed E-state index contributed by atoms with van der Waals surface area (Å²) in [5.74, 6) is 0.792. The van der Waals surface area contributed by atoms with Gasteiger partial charge >= 0.3 is 0 Å². The van der Waals surface area contributed by atoms with Gasteiger partial charge < -0.3 is 9.88 Å². The molecule has 0 aliphatic rings. The van der Waals surface area contributed by atoms with Crippen molar-refractivity contribution >= 4 is 44.0 Å². The summed E-state index contributed by atoms with van der Waals surface area (Å²) in [6.45, 7) is 0. The highest BCUT2D eigenvalue weighted by Gasteiger charge is 2.09. The number of rotatable bonds is 3. The van der Waals surface area contributed by atoms with Crippen molar-refractivity contribution in [2.75, 3.05) is 5.32 Å². The molecule has 1 N–H and O–H groups in total. The van der Waals surface area contributed by atoms with E-state index >= 15 is 0 Å². The minimum atomic E-state index is 0.792. The molecule has 0 fully saturated rings. The predicted molar refractivity (Wildman–Crippen MR) is 107 cm³/mol. The van der Waals surface area contributed by atoms with Crippen LogP contribution in [0.5, 0.6) is 0 Å². The number of aromatic nitrogens is 4. The van der Waals surface area contributed by atoms with Gasteiger partial charge in [0.2, 0.25) is 0 Å². The van der Waals surface area contributed by atoms with E-state index in [0.717, 1.165) is 39.2 Å². The Balaban J connectivity index is 1.61. The van der Waals surface area contributed by atoms with E-state index in [9.17, 15) is 0 Å². The highest BCUT2D eigenvalue weighted by molar-refractivity contribution is 7.16. The van der Waals surface area contributed by atoms with Crippen molar-refractivity contribution in [3.8, 4) is 11.3 Å². The van der Waals surface area contributed by atoms with Crippen LogP contribution in [0.3, 0.4) is 0 Å². The molecule has 0 saturated heterocycles. The molecule has 0 spiro atoms. The molecule has 0 aliphatic heterocycles. The van der Waals surface area contributed by atoms with Gasteiger partial charge in [0.1, 0.15) is 12.1 Å². The van der Waals surface area contributed by atoms with Gasteiger partial charge in [-0.3, -0.25) is 0 Å². The van der Waals surface area contributed by atoms with Crippen LogP contribution in [0.2, 0.25) is 0 Å². The molecule has 5 rings (SSSR count). The van der Waals surface area contributed by atoms with E-state index in [2.05, 4.69) is 55.2 Å². The summed E-state index contributed by atoms with van der Waals surface area (Å²) < 4.78 is 3.28. The molecule has 0 saturated carbocycles. The SMILES string of the molecule is Cn1cccc1-c1ccc2ncnc(Nc3ccc4scnc4c3)c2c1. The van der Waals surface area contributed by atoms with Crippen molar-refractivity contribution < 1.29 is 0 Å². The number of fused-ring (bicyclic) bond motifs is 2.